The summed E-state index contributed by atoms with van der Waals surface area (Å²) in [5.41, 5.74) is 8.29. The number of aromatic nitrogens is 3. The van der Waals surface area contributed by atoms with Crippen LogP contribution in [0.3, 0.4) is 0 Å². The lowest BCUT2D eigenvalue weighted by atomic mass is 9.96. The van der Waals surface area contributed by atoms with Crippen molar-refractivity contribution in [3.63, 3.8) is 0 Å². The average molecular weight is 501 g/mol. The highest BCUT2D eigenvalue weighted by Crippen LogP contribution is 2.37. The molecule has 3 aromatic rings. The van der Waals surface area contributed by atoms with E-state index in [-0.39, 0.29) is 11.6 Å². The number of carbonyl (C=O) groups excluding carboxylic acids is 1. The number of benzene rings is 1. The zero-order valence-electron chi connectivity index (χ0n) is 20.2. The van der Waals surface area contributed by atoms with Gasteiger partial charge in [-0.1, -0.05) is 13.0 Å². The summed E-state index contributed by atoms with van der Waals surface area (Å²) in [5.74, 6) is -0.751. The standard InChI is InChI=1S/C25H27F3N6O2/c1-4-19-22(16-6-8-21(29)30-12-16)23(32-14-31-19)15-5-7-18(20(11-15)36-25(26,27)28)24(35)34-10-9-17(13-34)33(2)3/h5-8,11-12,14,17H,4,9-10,13H2,1-3H3,(H2,29,30)/t17-/m1/s1. The third kappa shape index (κ3) is 5.40. The fourth-order valence-electron chi connectivity index (χ4n) is 4.34. The zero-order chi connectivity index (χ0) is 26.0. The first-order chi connectivity index (χ1) is 17.1. The molecule has 1 aliphatic heterocycles. The van der Waals surface area contributed by atoms with Gasteiger partial charge in [-0.05, 0) is 51.2 Å². The van der Waals surface area contributed by atoms with Crippen molar-refractivity contribution in [2.45, 2.75) is 32.2 Å². The van der Waals surface area contributed by atoms with Crippen LogP contribution in [-0.2, 0) is 6.42 Å². The van der Waals surface area contributed by atoms with E-state index < -0.39 is 18.0 Å². The summed E-state index contributed by atoms with van der Waals surface area (Å²) in [4.78, 5) is 29.6. The molecule has 190 valence electrons. The molecule has 0 aliphatic carbocycles. The molecule has 1 amide bonds. The van der Waals surface area contributed by atoms with Crippen LogP contribution >= 0.6 is 0 Å². The molecule has 1 aliphatic rings. The van der Waals surface area contributed by atoms with Crippen LogP contribution in [0.5, 0.6) is 5.75 Å². The lowest BCUT2D eigenvalue weighted by Gasteiger charge is -2.22. The van der Waals surface area contributed by atoms with Crippen molar-refractivity contribution < 1.29 is 22.7 Å². The van der Waals surface area contributed by atoms with Gasteiger partial charge in [-0.2, -0.15) is 0 Å². The molecule has 0 spiro atoms. The maximum atomic E-state index is 13.4. The van der Waals surface area contributed by atoms with E-state index in [0.29, 0.717) is 53.4 Å². The molecule has 8 nitrogen and oxygen atoms in total. The van der Waals surface area contributed by atoms with Gasteiger partial charge in [0.25, 0.3) is 5.91 Å². The van der Waals surface area contributed by atoms with Gasteiger partial charge in [-0.3, -0.25) is 4.79 Å². The van der Waals surface area contributed by atoms with Gasteiger partial charge in [0.15, 0.2) is 0 Å². The topological polar surface area (TPSA) is 97.5 Å². The second kappa shape index (κ2) is 10.1. The molecule has 1 aromatic carbocycles. The van der Waals surface area contributed by atoms with E-state index >= 15 is 0 Å². The third-order valence-corrected chi connectivity index (χ3v) is 6.23. The number of nitrogens with two attached hydrogens (primary N) is 1. The van der Waals surface area contributed by atoms with Gasteiger partial charge in [-0.15, -0.1) is 13.2 Å². The summed E-state index contributed by atoms with van der Waals surface area (Å²) in [5, 5.41) is 0. The fourth-order valence-corrected chi connectivity index (χ4v) is 4.34. The van der Waals surface area contributed by atoms with Crippen molar-refractivity contribution >= 4 is 11.7 Å². The minimum atomic E-state index is -4.98. The minimum absolute atomic E-state index is 0.143. The first kappa shape index (κ1) is 25.4. The monoisotopic (exact) mass is 500 g/mol. The Balaban J connectivity index is 1.79. The molecule has 0 saturated carbocycles. The Morgan fingerprint density at radius 2 is 1.92 bits per heavy atom. The van der Waals surface area contributed by atoms with Gasteiger partial charge in [0.05, 0.1) is 17.0 Å². The number of ether oxygens (including phenoxy) is 1. The van der Waals surface area contributed by atoms with Crippen molar-refractivity contribution in [2.75, 3.05) is 32.9 Å². The first-order valence-electron chi connectivity index (χ1n) is 11.5. The Hall–Kier alpha value is -3.73. The highest BCUT2D eigenvalue weighted by molar-refractivity contribution is 5.98. The van der Waals surface area contributed by atoms with E-state index in [2.05, 4.69) is 19.7 Å². The van der Waals surface area contributed by atoms with Gasteiger partial charge in [0.1, 0.15) is 17.9 Å². The van der Waals surface area contributed by atoms with Crippen molar-refractivity contribution in [1.29, 1.82) is 0 Å². The minimum Gasteiger partial charge on any atom is -0.405 e. The zero-order valence-corrected chi connectivity index (χ0v) is 20.2. The molecular formula is C25H27F3N6O2. The van der Waals surface area contributed by atoms with Crippen LogP contribution in [0.25, 0.3) is 22.4 Å². The second-order valence-electron chi connectivity index (χ2n) is 8.79. The van der Waals surface area contributed by atoms with Crippen molar-refractivity contribution in [3.05, 3.63) is 54.1 Å². The van der Waals surface area contributed by atoms with E-state index in [1.807, 2.05) is 25.9 Å². The van der Waals surface area contributed by atoms with Crippen molar-refractivity contribution in [2.24, 2.45) is 0 Å². The van der Waals surface area contributed by atoms with Crippen LogP contribution in [0, 0.1) is 0 Å². The van der Waals surface area contributed by atoms with Gasteiger partial charge < -0.3 is 20.3 Å². The van der Waals surface area contributed by atoms with Gasteiger partial charge >= 0.3 is 6.36 Å². The predicted octanol–water partition coefficient (Wildman–Crippen LogP) is 4.02. The number of pyridine rings is 1. The summed E-state index contributed by atoms with van der Waals surface area (Å²) >= 11 is 0. The SMILES string of the molecule is CCc1ncnc(-c2ccc(C(=O)N3CC[C@@H](N(C)C)C3)c(OC(F)(F)F)c2)c1-c1ccc(N)nc1. The van der Waals surface area contributed by atoms with Crippen LogP contribution < -0.4 is 10.5 Å². The third-order valence-electron chi connectivity index (χ3n) is 6.23. The highest BCUT2D eigenvalue weighted by atomic mass is 19.4. The van der Waals surface area contributed by atoms with Crippen LogP contribution in [0.15, 0.2) is 42.9 Å². The lowest BCUT2D eigenvalue weighted by Crippen LogP contribution is -2.34. The summed E-state index contributed by atoms with van der Waals surface area (Å²) in [6, 6.07) is 7.67. The molecule has 0 radical (unpaired) electrons. The normalized spacial score (nSPS) is 16.0. The molecule has 4 rings (SSSR count). The Bertz CT molecular complexity index is 1250. The van der Waals surface area contributed by atoms with Crippen molar-refractivity contribution in [3.8, 4) is 28.1 Å². The molecule has 1 saturated heterocycles. The number of rotatable bonds is 6. The number of anilines is 1. The Labute approximate surface area is 206 Å². The number of carbonyl (C=O) groups is 1. The number of halogens is 3. The maximum Gasteiger partial charge on any atom is 0.573 e. The van der Waals surface area contributed by atoms with Crippen LogP contribution in [0.4, 0.5) is 19.0 Å². The number of aryl methyl sites for hydroxylation is 1. The molecule has 2 N–H and O–H groups in total. The Morgan fingerprint density at radius 3 is 2.53 bits per heavy atom. The predicted molar refractivity (Wildman–Crippen MR) is 129 cm³/mol. The van der Waals surface area contributed by atoms with Gasteiger partial charge in [0.2, 0.25) is 0 Å². The molecule has 0 unspecified atom stereocenters. The fraction of sp³-hybridized carbons (Fsp3) is 0.360. The second-order valence-corrected chi connectivity index (χ2v) is 8.79. The summed E-state index contributed by atoms with van der Waals surface area (Å²) in [7, 11) is 3.82. The van der Waals surface area contributed by atoms with Gasteiger partial charge in [-0.25, -0.2) is 15.0 Å². The number of hydrogen-bond donors (Lipinski definition) is 1. The van der Waals surface area contributed by atoms with E-state index in [1.165, 1.54) is 18.5 Å². The molecule has 1 atom stereocenters. The molecule has 1 fully saturated rings. The largest absolute Gasteiger partial charge is 0.573 e. The number of nitrogen functional groups attached to an aromatic ring is 1. The van der Waals surface area contributed by atoms with E-state index in [4.69, 9.17) is 5.73 Å². The Morgan fingerprint density at radius 1 is 1.17 bits per heavy atom. The summed E-state index contributed by atoms with van der Waals surface area (Å²) in [6.07, 6.45) is -0.756. The number of nitrogens with zero attached hydrogens (tertiary/aromatic N) is 5. The number of likely N-dealkylation sites (tertiary alicyclic amines) is 1. The van der Waals surface area contributed by atoms with Crippen molar-refractivity contribution in [1.82, 2.24) is 24.8 Å². The molecule has 11 heteroatoms. The molecule has 3 heterocycles. The van der Waals surface area contributed by atoms with Crippen LogP contribution in [0.1, 0.15) is 29.4 Å². The summed E-state index contributed by atoms with van der Waals surface area (Å²) in [6.45, 7) is 2.80. The number of amides is 1. The summed E-state index contributed by atoms with van der Waals surface area (Å²) < 4.78 is 44.4. The quantitative estimate of drug-likeness (QED) is 0.546. The number of alkyl halides is 3. The Kier molecular flexibility index (Phi) is 7.11. The van der Waals surface area contributed by atoms with E-state index in [0.717, 1.165) is 6.42 Å². The first-order valence-corrected chi connectivity index (χ1v) is 11.5. The van der Waals surface area contributed by atoms with Crippen LogP contribution in [-0.4, -0.2) is 70.2 Å². The molecule has 2 aromatic heterocycles. The van der Waals surface area contributed by atoms with Gasteiger partial charge in [0, 0.05) is 42.0 Å². The average Bonchev–Trinajstić information content (AvgIpc) is 3.33. The molecule has 36 heavy (non-hydrogen) atoms. The van der Waals surface area contributed by atoms with E-state index in [1.54, 1.807) is 29.3 Å². The highest BCUT2D eigenvalue weighted by Gasteiger charge is 2.35. The van der Waals surface area contributed by atoms with E-state index in [9.17, 15) is 18.0 Å². The number of hydrogen-bond acceptors (Lipinski definition) is 7. The molecule has 0 bridgehead atoms. The number of likely N-dealkylation sites (N-methyl/N-ethyl adjacent to an activating group) is 1. The smallest absolute Gasteiger partial charge is 0.405 e. The van der Waals surface area contributed by atoms with Crippen LogP contribution in [0.2, 0.25) is 0 Å². The lowest BCUT2D eigenvalue weighted by molar-refractivity contribution is -0.274. The maximum absolute atomic E-state index is 13.4. The molecular weight excluding hydrogens is 473 g/mol.